The predicted molar refractivity (Wildman–Crippen MR) is 103 cm³/mol. The van der Waals surface area contributed by atoms with E-state index in [1.165, 1.54) is 7.11 Å². The monoisotopic (exact) mass is 374 g/mol. The van der Waals surface area contributed by atoms with Crippen LogP contribution in [0, 0.1) is 5.92 Å². The van der Waals surface area contributed by atoms with Crippen molar-refractivity contribution in [2.24, 2.45) is 5.92 Å². The number of methoxy groups -OCH3 is 1. The molecule has 6 heteroatoms. The lowest BCUT2D eigenvalue weighted by Crippen LogP contribution is -2.53. The molecule has 1 aromatic rings. The SMILES string of the molecule is COC(=O)[C@@H]1CCCN1C(=O)[C@@H](NC(=O)c1ccc(C(C)C)cc1)C(C)C. The highest BCUT2D eigenvalue weighted by atomic mass is 16.5. The quantitative estimate of drug-likeness (QED) is 0.777. The fraction of sp³-hybridized carbons (Fsp3) is 0.571. The number of nitrogens with one attached hydrogen (secondary N) is 1. The molecule has 2 amide bonds. The Labute approximate surface area is 161 Å². The molecule has 1 heterocycles. The van der Waals surface area contributed by atoms with Crippen LogP contribution in [0.4, 0.5) is 0 Å². The summed E-state index contributed by atoms with van der Waals surface area (Å²) in [5.41, 5.74) is 1.67. The molecule has 1 aliphatic heterocycles. The second-order valence-electron chi connectivity index (χ2n) is 7.68. The van der Waals surface area contributed by atoms with Crippen LogP contribution in [-0.4, -0.2) is 48.4 Å². The van der Waals surface area contributed by atoms with Crippen molar-refractivity contribution in [1.29, 1.82) is 0 Å². The van der Waals surface area contributed by atoms with E-state index in [1.807, 2.05) is 26.0 Å². The highest BCUT2D eigenvalue weighted by Crippen LogP contribution is 2.21. The summed E-state index contributed by atoms with van der Waals surface area (Å²) < 4.78 is 4.82. The maximum Gasteiger partial charge on any atom is 0.328 e. The van der Waals surface area contributed by atoms with Crippen molar-refractivity contribution in [1.82, 2.24) is 10.2 Å². The zero-order valence-electron chi connectivity index (χ0n) is 16.8. The Bertz CT molecular complexity index is 682. The third-order valence-electron chi connectivity index (χ3n) is 5.07. The summed E-state index contributed by atoms with van der Waals surface area (Å²) in [5.74, 6) is -0.636. The molecule has 0 spiro atoms. The lowest BCUT2D eigenvalue weighted by atomic mass is 10.00. The Morgan fingerprint density at radius 3 is 2.26 bits per heavy atom. The third-order valence-corrected chi connectivity index (χ3v) is 5.07. The number of carbonyl (C=O) groups excluding carboxylic acids is 3. The summed E-state index contributed by atoms with van der Waals surface area (Å²) >= 11 is 0. The number of hydrogen-bond donors (Lipinski definition) is 1. The van der Waals surface area contributed by atoms with Gasteiger partial charge in [0, 0.05) is 12.1 Å². The van der Waals surface area contributed by atoms with Crippen molar-refractivity contribution in [3.8, 4) is 0 Å². The van der Waals surface area contributed by atoms with Crippen molar-refractivity contribution in [2.45, 2.75) is 58.5 Å². The molecule has 0 saturated carbocycles. The molecule has 1 aliphatic rings. The molecular weight excluding hydrogens is 344 g/mol. The van der Waals surface area contributed by atoms with E-state index in [9.17, 15) is 14.4 Å². The Kier molecular flexibility index (Phi) is 6.99. The molecule has 0 aromatic heterocycles. The van der Waals surface area contributed by atoms with Crippen LogP contribution in [0.15, 0.2) is 24.3 Å². The van der Waals surface area contributed by atoms with Gasteiger partial charge in [-0.3, -0.25) is 9.59 Å². The van der Waals surface area contributed by atoms with Gasteiger partial charge >= 0.3 is 5.97 Å². The maximum absolute atomic E-state index is 13.0. The van der Waals surface area contributed by atoms with E-state index < -0.39 is 18.1 Å². The van der Waals surface area contributed by atoms with Crippen LogP contribution in [0.1, 0.15) is 62.4 Å². The minimum Gasteiger partial charge on any atom is -0.467 e. The normalized spacial score (nSPS) is 17.9. The van der Waals surface area contributed by atoms with Crippen molar-refractivity contribution < 1.29 is 19.1 Å². The van der Waals surface area contributed by atoms with Gasteiger partial charge in [-0.05, 0) is 42.4 Å². The maximum atomic E-state index is 13.0. The molecule has 2 rings (SSSR count). The Balaban J connectivity index is 2.13. The molecule has 27 heavy (non-hydrogen) atoms. The number of amides is 2. The zero-order valence-corrected chi connectivity index (χ0v) is 16.8. The van der Waals surface area contributed by atoms with Gasteiger partial charge in [0.05, 0.1) is 7.11 Å². The van der Waals surface area contributed by atoms with Crippen LogP contribution < -0.4 is 5.32 Å². The van der Waals surface area contributed by atoms with Gasteiger partial charge in [-0.15, -0.1) is 0 Å². The number of likely N-dealkylation sites (tertiary alicyclic amines) is 1. The molecule has 1 saturated heterocycles. The molecule has 1 N–H and O–H groups in total. The van der Waals surface area contributed by atoms with Crippen molar-refractivity contribution in [3.05, 3.63) is 35.4 Å². The van der Waals surface area contributed by atoms with E-state index >= 15 is 0 Å². The van der Waals surface area contributed by atoms with Gasteiger partial charge in [-0.25, -0.2) is 4.79 Å². The van der Waals surface area contributed by atoms with E-state index in [0.717, 1.165) is 12.0 Å². The Hall–Kier alpha value is -2.37. The van der Waals surface area contributed by atoms with E-state index in [1.54, 1.807) is 17.0 Å². The number of benzene rings is 1. The number of esters is 1. The number of carbonyl (C=O) groups is 3. The molecule has 0 bridgehead atoms. The Morgan fingerprint density at radius 1 is 1.11 bits per heavy atom. The van der Waals surface area contributed by atoms with Gasteiger partial charge in [-0.2, -0.15) is 0 Å². The summed E-state index contributed by atoms with van der Waals surface area (Å²) in [7, 11) is 1.33. The first-order valence-corrected chi connectivity index (χ1v) is 9.55. The highest BCUT2D eigenvalue weighted by Gasteiger charge is 2.39. The average molecular weight is 374 g/mol. The first-order chi connectivity index (χ1) is 12.8. The third kappa shape index (κ3) is 4.87. The van der Waals surface area contributed by atoms with Gasteiger partial charge in [-0.1, -0.05) is 39.8 Å². The lowest BCUT2D eigenvalue weighted by Gasteiger charge is -2.30. The van der Waals surface area contributed by atoms with Gasteiger partial charge in [0.1, 0.15) is 12.1 Å². The first-order valence-electron chi connectivity index (χ1n) is 9.55. The van der Waals surface area contributed by atoms with E-state index in [0.29, 0.717) is 24.4 Å². The van der Waals surface area contributed by atoms with Gasteiger partial charge in [0.25, 0.3) is 5.91 Å². The standard InChI is InChI=1S/C21H30N2O4/c1-13(2)15-8-10-16(11-9-15)19(24)22-18(14(3)4)20(25)23-12-6-7-17(23)21(26)27-5/h8-11,13-14,17-18H,6-7,12H2,1-5H3,(H,22,24)/t17-,18-/m0/s1. The van der Waals surface area contributed by atoms with Crippen molar-refractivity contribution >= 4 is 17.8 Å². The summed E-state index contributed by atoms with van der Waals surface area (Å²) in [5, 5.41) is 2.85. The lowest BCUT2D eigenvalue weighted by molar-refractivity contribution is -0.151. The van der Waals surface area contributed by atoms with E-state index in [2.05, 4.69) is 19.2 Å². The molecule has 1 fully saturated rings. The highest BCUT2D eigenvalue weighted by molar-refractivity contribution is 5.98. The Morgan fingerprint density at radius 2 is 1.74 bits per heavy atom. The molecule has 148 valence electrons. The molecule has 2 atom stereocenters. The fourth-order valence-corrected chi connectivity index (χ4v) is 3.35. The number of ether oxygens (including phenoxy) is 1. The summed E-state index contributed by atoms with van der Waals surface area (Å²) in [6.07, 6.45) is 1.34. The van der Waals surface area contributed by atoms with Crippen LogP contribution in [0.5, 0.6) is 0 Å². The second-order valence-corrected chi connectivity index (χ2v) is 7.68. The minimum atomic E-state index is -0.687. The molecular formula is C21H30N2O4. The second kappa shape index (κ2) is 9.02. The van der Waals surface area contributed by atoms with Crippen molar-refractivity contribution in [2.75, 3.05) is 13.7 Å². The van der Waals surface area contributed by atoms with Gasteiger partial charge in [0.15, 0.2) is 0 Å². The van der Waals surface area contributed by atoms with E-state index in [-0.39, 0.29) is 17.7 Å². The molecule has 0 radical (unpaired) electrons. The smallest absolute Gasteiger partial charge is 0.328 e. The van der Waals surface area contributed by atoms with Crippen LogP contribution in [-0.2, 0) is 14.3 Å². The number of nitrogens with zero attached hydrogens (tertiary/aromatic N) is 1. The van der Waals surface area contributed by atoms with Gasteiger partial charge < -0.3 is 15.0 Å². The van der Waals surface area contributed by atoms with Crippen molar-refractivity contribution in [3.63, 3.8) is 0 Å². The van der Waals surface area contributed by atoms with Gasteiger partial charge in [0.2, 0.25) is 5.91 Å². The minimum absolute atomic E-state index is 0.102. The van der Waals surface area contributed by atoms with Crippen LogP contribution in [0.25, 0.3) is 0 Å². The largest absolute Gasteiger partial charge is 0.467 e. The summed E-state index contributed by atoms with van der Waals surface area (Å²) in [6, 6.07) is 6.16. The van der Waals surface area contributed by atoms with Crippen LogP contribution >= 0.6 is 0 Å². The molecule has 0 unspecified atom stereocenters. The molecule has 1 aromatic carbocycles. The predicted octanol–water partition coefficient (Wildman–Crippen LogP) is 2.73. The average Bonchev–Trinajstić information content (AvgIpc) is 3.14. The topological polar surface area (TPSA) is 75.7 Å². The number of hydrogen-bond acceptors (Lipinski definition) is 4. The number of rotatable bonds is 6. The zero-order chi connectivity index (χ0) is 20.1. The molecule has 0 aliphatic carbocycles. The van der Waals surface area contributed by atoms with E-state index in [4.69, 9.17) is 4.74 Å². The van der Waals surface area contributed by atoms with Crippen LogP contribution in [0.2, 0.25) is 0 Å². The van der Waals surface area contributed by atoms with Crippen LogP contribution in [0.3, 0.4) is 0 Å². The first kappa shape index (κ1) is 20.9. The molecule has 6 nitrogen and oxygen atoms in total. The summed E-state index contributed by atoms with van der Waals surface area (Å²) in [6.45, 7) is 8.45. The summed E-state index contributed by atoms with van der Waals surface area (Å²) in [4.78, 5) is 39.2. The fourth-order valence-electron chi connectivity index (χ4n) is 3.35.